The summed E-state index contributed by atoms with van der Waals surface area (Å²) in [4.78, 5) is 32.9. The van der Waals surface area contributed by atoms with Gasteiger partial charge in [-0.3, -0.25) is 19.7 Å². The van der Waals surface area contributed by atoms with E-state index in [1.165, 1.54) is 19.1 Å². The molecule has 132 valence electrons. The number of nitrogens with zero attached hydrogens (tertiary/aromatic N) is 1. The summed E-state index contributed by atoms with van der Waals surface area (Å²) in [6, 6.07) is 4.37. The lowest BCUT2D eigenvalue weighted by Gasteiger charge is -2.12. The monoisotopic (exact) mass is 338 g/mol. The largest absolute Gasteiger partial charge is 0.491 e. The molecule has 0 fully saturated rings. The Bertz CT molecular complexity index is 588. The molecule has 0 aliphatic rings. The van der Waals surface area contributed by atoms with Gasteiger partial charge in [-0.25, -0.2) is 0 Å². The quantitative estimate of drug-likeness (QED) is 0.304. The Labute approximate surface area is 140 Å². The van der Waals surface area contributed by atoms with Crippen LogP contribution in [-0.2, 0) is 14.3 Å². The van der Waals surface area contributed by atoms with Crippen molar-refractivity contribution in [2.24, 2.45) is 0 Å². The van der Waals surface area contributed by atoms with Gasteiger partial charge in [-0.2, -0.15) is 0 Å². The van der Waals surface area contributed by atoms with Gasteiger partial charge < -0.3 is 14.8 Å². The van der Waals surface area contributed by atoms with Gasteiger partial charge in [-0.15, -0.1) is 0 Å². The average molecular weight is 338 g/mol. The van der Waals surface area contributed by atoms with Gasteiger partial charge in [0.2, 0.25) is 5.91 Å². The van der Waals surface area contributed by atoms with Gasteiger partial charge in [0.15, 0.2) is 5.69 Å². The lowest BCUT2D eigenvalue weighted by molar-refractivity contribution is -0.384. The number of nitro benzene ring substituents is 1. The molecule has 0 radical (unpaired) electrons. The van der Waals surface area contributed by atoms with E-state index < -0.39 is 10.8 Å². The van der Waals surface area contributed by atoms with Crippen LogP contribution in [-0.4, -0.2) is 30.0 Å². The number of carbonyl (C=O) groups is 2. The maximum atomic E-state index is 11.2. The second-order valence-corrected chi connectivity index (χ2v) is 5.05. The van der Waals surface area contributed by atoms with Crippen molar-refractivity contribution in [1.29, 1.82) is 0 Å². The highest BCUT2D eigenvalue weighted by Gasteiger charge is 2.19. The molecule has 0 aliphatic carbocycles. The summed E-state index contributed by atoms with van der Waals surface area (Å²) in [5, 5.41) is 13.5. The Morgan fingerprint density at radius 3 is 2.62 bits per heavy atom. The number of unbranched alkanes of at least 4 members (excludes halogenated alkanes) is 2. The van der Waals surface area contributed by atoms with Gasteiger partial charge in [-0.1, -0.05) is 6.07 Å². The van der Waals surface area contributed by atoms with Gasteiger partial charge in [0.05, 0.1) is 18.1 Å². The van der Waals surface area contributed by atoms with Crippen molar-refractivity contribution in [1.82, 2.24) is 0 Å². The second-order valence-electron chi connectivity index (χ2n) is 5.05. The minimum Gasteiger partial charge on any atom is -0.491 e. The summed E-state index contributed by atoms with van der Waals surface area (Å²) in [5.41, 5.74) is -0.161. The molecule has 8 heteroatoms. The van der Waals surface area contributed by atoms with E-state index in [1.807, 2.05) is 0 Å². The van der Waals surface area contributed by atoms with Crippen molar-refractivity contribution in [2.45, 2.75) is 39.5 Å². The molecule has 0 bridgehead atoms. The molecule has 0 saturated heterocycles. The lowest BCUT2D eigenvalue weighted by Crippen LogP contribution is -2.10. The van der Waals surface area contributed by atoms with E-state index in [-0.39, 0.29) is 23.1 Å². The van der Waals surface area contributed by atoms with Crippen LogP contribution in [0.15, 0.2) is 18.2 Å². The number of rotatable bonds is 10. The molecule has 0 unspecified atom stereocenters. The first-order valence-corrected chi connectivity index (χ1v) is 7.79. The number of carbonyl (C=O) groups excluding carboxylic acids is 2. The van der Waals surface area contributed by atoms with Crippen molar-refractivity contribution >= 4 is 23.3 Å². The first-order valence-electron chi connectivity index (χ1n) is 7.79. The van der Waals surface area contributed by atoms with Gasteiger partial charge in [0.1, 0.15) is 5.75 Å². The first kappa shape index (κ1) is 19.4. The molecule has 0 saturated carbocycles. The first-order chi connectivity index (χ1) is 11.5. The minimum absolute atomic E-state index is 0.0570. The normalized spacial score (nSPS) is 10.1. The van der Waals surface area contributed by atoms with E-state index in [2.05, 4.69) is 5.32 Å². The van der Waals surface area contributed by atoms with Crippen LogP contribution in [0.2, 0.25) is 0 Å². The van der Waals surface area contributed by atoms with Crippen LogP contribution >= 0.6 is 0 Å². The number of benzene rings is 1. The molecule has 1 aromatic carbocycles. The summed E-state index contributed by atoms with van der Waals surface area (Å²) in [6.07, 6.45) is 2.50. The maximum absolute atomic E-state index is 11.2. The van der Waals surface area contributed by atoms with Crippen molar-refractivity contribution in [3.8, 4) is 5.75 Å². The number of nitrogens with one attached hydrogen (secondary N) is 1. The fourth-order valence-electron chi connectivity index (χ4n) is 2.06. The Balaban J connectivity index is 2.52. The van der Waals surface area contributed by atoms with E-state index in [1.54, 1.807) is 13.0 Å². The zero-order chi connectivity index (χ0) is 17.9. The third-order valence-corrected chi connectivity index (χ3v) is 3.09. The number of esters is 1. The molecule has 1 N–H and O–H groups in total. The van der Waals surface area contributed by atoms with E-state index in [0.717, 1.165) is 6.42 Å². The van der Waals surface area contributed by atoms with Crippen LogP contribution < -0.4 is 10.1 Å². The van der Waals surface area contributed by atoms with Crippen LogP contribution in [0.1, 0.15) is 39.5 Å². The van der Waals surface area contributed by atoms with Gasteiger partial charge in [-0.05, 0) is 32.3 Å². The molecule has 1 amide bonds. The van der Waals surface area contributed by atoms with Gasteiger partial charge >= 0.3 is 5.97 Å². The molecule has 0 heterocycles. The fraction of sp³-hybridized carbons (Fsp3) is 0.500. The number of amides is 1. The van der Waals surface area contributed by atoms with E-state index in [0.29, 0.717) is 32.5 Å². The van der Waals surface area contributed by atoms with Crippen LogP contribution in [0.25, 0.3) is 0 Å². The van der Waals surface area contributed by atoms with Crippen LogP contribution in [0.5, 0.6) is 5.75 Å². The third-order valence-electron chi connectivity index (χ3n) is 3.09. The minimum atomic E-state index is -0.572. The third kappa shape index (κ3) is 6.64. The molecular weight excluding hydrogens is 316 g/mol. The SMILES string of the molecule is CCOC(=O)CCCCCOc1cccc([N+](=O)[O-])c1NC(C)=O. The molecule has 8 nitrogen and oxygen atoms in total. The molecule has 1 aromatic rings. The highest BCUT2D eigenvalue weighted by atomic mass is 16.6. The number of hydrogen-bond acceptors (Lipinski definition) is 6. The molecule has 24 heavy (non-hydrogen) atoms. The molecule has 0 spiro atoms. The zero-order valence-electron chi connectivity index (χ0n) is 13.9. The van der Waals surface area contributed by atoms with Crippen molar-refractivity contribution in [2.75, 3.05) is 18.5 Å². The van der Waals surface area contributed by atoms with Crippen LogP contribution in [0.3, 0.4) is 0 Å². The predicted octanol–water partition coefficient (Wildman–Crippen LogP) is 3.06. The summed E-state index contributed by atoms with van der Waals surface area (Å²) in [6.45, 7) is 3.74. The highest BCUT2D eigenvalue weighted by molar-refractivity contribution is 5.93. The molecule has 0 aliphatic heterocycles. The van der Waals surface area contributed by atoms with E-state index in [4.69, 9.17) is 9.47 Å². The van der Waals surface area contributed by atoms with Crippen LogP contribution in [0, 0.1) is 10.1 Å². The number of nitro groups is 1. The predicted molar refractivity (Wildman–Crippen MR) is 88.0 cm³/mol. The maximum Gasteiger partial charge on any atom is 0.305 e. The summed E-state index contributed by atoms with van der Waals surface area (Å²) < 4.78 is 10.4. The number of ether oxygens (including phenoxy) is 2. The van der Waals surface area contributed by atoms with Gasteiger partial charge in [0.25, 0.3) is 5.69 Å². The Kier molecular flexibility index (Phi) is 8.24. The number of anilines is 1. The van der Waals surface area contributed by atoms with Gasteiger partial charge in [0, 0.05) is 19.4 Å². The van der Waals surface area contributed by atoms with Crippen molar-refractivity contribution < 1.29 is 24.0 Å². The number of para-hydroxylation sites is 1. The molecule has 0 atom stereocenters. The lowest BCUT2D eigenvalue weighted by atomic mass is 10.2. The van der Waals surface area contributed by atoms with Crippen LogP contribution in [0.4, 0.5) is 11.4 Å². The highest BCUT2D eigenvalue weighted by Crippen LogP contribution is 2.34. The standard InChI is InChI=1S/C16H22N2O6/c1-3-23-15(20)10-5-4-6-11-24-14-9-7-8-13(18(21)22)16(14)17-12(2)19/h7-9H,3-6,10-11H2,1-2H3,(H,17,19). The number of hydrogen-bond donors (Lipinski definition) is 1. The summed E-state index contributed by atoms with van der Waals surface area (Å²) in [7, 11) is 0. The topological polar surface area (TPSA) is 108 Å². The Morgan fingerprint density at radius 2 is 2.00 bits per heavy atom. The van der Waals surface area contributed by atoms with E-state index in [9.17, 15) is 19.7 Å². The van der Waals surface area contributed by atoms with Crippen molar-refractivity contribution in [3.05, 3.63) is 28.3 Å². The van der Waals surface area contributed by atoms with Crippen molar-refractivity contribution in [3.63, 3.8) is 0 Å². The fourth-order valence-corrected chi connectivity index (χ4v) is 2.06. The molecule has 1 rings (SSSR count). The molecular formula is C16H22N2O6. The summed E-state index contributed by atoms with van der Waals surface area (Å²) in [5.74, 6) is -0.376. The summed E-state index contributed by atoms with van der Waals surface area (Å²) >= 11 is 0. The Hall–Kier alpha value is -2.64. The smallest absolute Gasteiger partial charge is 0.305 e. The second kappa shape index (κ2) is 10.2. The Morgan fingerprint density at radius 1 is 1.25 bits per heavy atom. The zero-order valence-corrected chi connectivity index (χ0v) is 13.9. The average Bonchev–Trinajstić information content (AvgIpc) is 2.51. The van der Waals surface area contributed by atoms with E-state index >= 15 is 0 Å². The molecule has 0 aromatic heterocycles.